The molecule has 6 nitrogen and oxygen atoms in total. The molecule has 1 aliphatic rings. The molecule has 0 radical (unpaired) electrons. The van der Waals surface area contributed by atoms with E-state index in [2.05, 4.69) is 25.2 Å². The summed E-state index contributed by atoms with van der Waals surface area (Å²) in [6.45, 7) is 2.61. The summed E-state index contributed by atoms with van der Waals surface area (Å²) in [5.74, 6) is -0.358. The third kappa shape index (κ3) is 4.98. The fourth-order valence-electron chi connectivity index (χ4n) is 3.48. The highest BCUT2D eigenvalue weighted by Gasteiger charge is 2.22. The monoisotopic (exact) mass is 425 g/mol. The Bertz CT molecular complexity index is 1010. The summed E-state index contributed by atoms with van der Waals surface area (Å²) in [5, 5.41) is 3.40. The number of carbonyl (C=O) groups is 1. The maximum atomic E-state index is 13.5. The fraction of sp³-hybridized carbons (Fsp3) is 0.273. The van der Waals surface area contributed by atoms with Gasteiger partial charge >= 0.3 is 0 Å². The number of aromatic nitrogens is 3. The van der Waals surface area contributed by atoms with Gasteiger partial charge < -0.3 is 5.32 Å². The smallest absolute Gasteiger partial charge is 0.254 e. The number of nitrogens with one attached hydrogen (secondary N) is 1. The van der Waals surface area contributed by atoms with Crippen LogP contribution in [0.3, 0.4) is 0 Å². The van der Waals surface area contributed by atoms with Crippen molar-refractivity contribution in [2.75, 3.05) is 13.1 Å². The van der Waals surface area contributed by atoms with Gasteiger partial charge in [-0.2, -0.15) is 0 Å². The van der Waals surface area contributed by atoms with Gasteiger partial charge in [-0.05, 0) is 43.2 Å². The zero-order valence-corrected chi connectivity index (χ0v) is 17.0. The van der Waals surface area contributed by atoms with Gasteiger partial charge in [0, 0.05) is 49.8 Å². The lowest BCUT2D eigenvalue weighted by Gasteiger charge is -2.32. The standard InChI is InChI=1S/C22H21ClFN5O/c23-20-5-4-16(24)11-19(20)21-26-12-15(13-27-21)22(30)28-17-6-9-29(10-7-17)14-18-3-1-2-8-25-18/h1-5,8,11-13,17H,6-7,9-10,14H2,(H,28,30). The maximum absolute atomic E-state index is 13.5. The normalized spacial score (nSPS) is 15.1. The first-order valence-corrected chi connectivity index (χ1v) is 10.2. The number of hydrogen-bond acceptors (Lipinski definition) is 5. The van der Waals surface area contributed by atoms with Gasteiger partial charge in [-0.3, -0.25) is 14.7 Å². The molecular formula is C22H21ClFN5O. The number of piperidine rings is 1. The Kier molecular flexibility index (Phi) is 6.30. The summed E-state index contributed by atoms with van der Waals surface area (Å²) in [4.78, 5) is 27.6. The molecule has 30 heavy (non-hydrogen) atoms. The van der Waals surface area contributed by atoms with Crippen molar-refractivity contribution in [3.8, 4) is 11.4 Å². The molecule has 2 aromatic heterocycles. The molecule has 1 amide bonds. The molecule has 1 aromatic carbocycles. The lowest BCUT2D eigenvalue weighted by atomic mass is 10.0. The lowest BCUT2D eigenvalue weighted by Crippen LogP contribution is -2.44. The molecule has 8 heteroatoms. The van der Waals surface area contributed by atoms with E-state index in [1.165, 1.54) is 30.6 Å². The van der Waals surface area contributed by atoms with Crippen LogP contribution in [0.15, 0.2) is 55.0 Å². The minimum atomic E-state index is -0.422. The lowest BCUT2D eigenvalue weighted by molar-refractivity contribution is 0.0908. The molecule has 0 saturated carbocycles. The van der Waals surface area contributed by atoms with Gasteiger partial charge in [0.15, 0.2) is 5.82 Å². The summed E-state index contributed by atoms with van der Waals surface area (Å²) in [5.41, 5.74) is 1.81. The van der Waals surface area contributed by atoms with Crippen molar-refractivity contribution >= 4 is 17.5 Å². The molecule has 1 aliphatic heterocycles. The van der Waals surface area contributed by atoms with E-state index in [4.69, 9.17) is 11.6 Å². The zero-order valence-electron chi connectivity index (χ0n) is 16.3. The quantitative estimate of drug-likeness (QED) is 0.674. The average molecular weight is 426 g/mol. The van der Waals surface area contributed by atoms with Crippen LogP contribution in [0.2, 0.25) is 5.02 Å². The van der Waals surface area contributed by atoms with Gasteiger partial charge in [0.1, 0.15) is 5.82 Å². The van der Waals surface area contributed by atoms with Crippen molar-refractivity contribution in [1.29, 1.82) is 0 Å². The van der Waals surface area contributed by atoms with E-state index < -0.39 is 5.82 Å². The van der Waals surface area contributed by atoms with Gasteiger partial charge in [0.05, 0.1) is 16.3 Å². The summed E-state index contributed by atoms with van der Waals surface area (Å²) in [7, 11) is 0. The Balaban J connectivity index is 1.32. The van der Waals surface area contributed by atoms with E-state index in [-0.39, 0.29) is 17.8 Å². The number of rotatable bonds is 5. The van der Waals surface area contributed by atoms with Crippen molar-refractivity contribution in [2.45, 2.75) is 25.4 Å². The minimum absolute atomic E-state index is 0.106. The van der Waals surface area contributed by atoms with Crippen LogP contribution in [-0.4, -0.2) is 44.9 Å². The molecule has 1 fully saturated rings. The molecule has 0 unspecified atom stereocenters. The van der Waals surface area contributed by atoms with Crippen LogP contribution in [0.25, 0.3) is 11.4 Å². The van der Waals surface area contributed by atoms with Crippen molar-refractivity contribution in [3.05, 3.63) is 77.1 Å². The molecular weight excluding hydrogens is 405 g/mol. The number of benzene rings is 1. The Labute approximate surface area is 179 Å². The molecule has 0 bridgehead atoms. The molecule has 1 N–H and O–H groups in total. The van der Waals surface area contributed by atoms with Gasteiger partial charge in [0.2, 0.25) is 0 Å². The number of likely N-dealkylation sites (tertiary alicyclic amines) is 1. The first-order valence-electron chi connectivity index (χ1n) is 9.79. The molecule has 154 valence electrons. The van der Waals surface area contributed by atoms with E-state index in [0.717, 1.165) is 38.2 Å². The Hall–Kier alpha value is -2.90. The first-order chi connectivity index (χ1) is 14.6. The highest BCUT2D eigenvalue weighted by atomic mass is 35.5. The van der Waals surface area contributed by atoms with Crippen LogP contribution in [0.5, 0.6) is 0 Å². The summed E-state index contributed by atoms with van der Waals surface area (Å²) in [6.07, 6.45) is 6.43. The highest BCUT2D eigenvalue weighted by Crippen LogP contribution is 2.25. The van der Waals surface area contributed by atoms with E-state index in [9.17, 15) is 9.18 Å². The Morgan fingerprint density at radius 1 is 1.13 bits per heavy atom. The molecule has 0 atom stereocenters. The molecule has 4 rings (SSSR count). The van der Waals surface area contributed by atoms with Crippen molar-refractivity contribution in [1.82, 2.24) is 25.2 Å². The SMILES string of the molecule is O=C(NC1CCN(Cc2ccccn2)CC1)c1cnc(-c2cc(F)ccc2Cl)nc1. The third-order valence-corrected chi connectivity index (χ3v) is 5.45. The second-order valence-electron chi connectivity index (χ2n) is 7.26. The number of hydrogen-bond donors (Lipinski definition) is 1. The number of amides is 1. The van der Waals surface area contributed by atoms with Crippen molar-refractivity contribution in [2.24, 2.45) is 0 Å². The number of pyridine rings is 1. The van der Waals surface area contributed by atoms with Crippen LogP contribution < -0.4 is 5.32 Å². The van der Waals surface area contributed by atoms with E-state index in [1.54, 1.807) is 6.20 Å². The Morgan fingerprint density at radius 2 is 1.90 bits per heavy atom. The number of nitrogens with zero attached hydrogens (tertiary/aromatic N) is 4. The van der Waals surface area contributed by atoms with Crippen molar-refractivity contribution < 1.29 is 9.18 Å². The van der Waals surface area contributed by atoms with Gasteiger partial charge in [0.25, 0.3) is 5.91 Å². The van der Waals surface area contributed by atoms with Crippen LogP contribution in [0, 0.1) is 5.82 Å². The first kappa shape index (κ1) is 20.4. The second kappa shape index (κ2) is 9.28. The topological polar surface area (TPSA) is 71.0 Å². The fourth-order valence-corrected chi connectivity index (χ4v) is 3.68. The Morgan fingerprint density at radius 3 is 2.60 bits per heavy atom. The van der Waals surface area contributed by atoms with Gasteiger partial charge in [-0.15, -0.1) is 0 Å². The van der Waals surface area contributed by atoms with Gasteiger partial charge in [-0.1, -0.05) is 17.7 Å². The molecule has 3 heterocycles. The van der Waals surface area contributed by atoms with Crippen LogP contribution in [0.1, 0.15) is 28.9 Å². The molecule has 3 aromatic rings. The van der Waals surface area contributed by atoms with Crippen LogP contribution in [-0.2, 0) is 6.54 Å². The average Bonchev–Trinajstić information content (AvgIpc) is 2.77. The maximum Gasteiger partial charge on any atom is 0.254 e. The number of carbonyl (C=O) groups excluding carboxylic acids is 1. The zero-order chi connectivity index (χ0) is 20.9. The predicted molar refractivity (Wildman–Crippen MR) is 112 cm³/mol. The minimum Gasteiger partial charge on any atom is -0.349 e. The van der Waals surface area contributed by atoms with Crippen molar-refractivity contribution in [3.63, 3.8) is 0 Å². The third-order valence-electron chi connectivity index (χ3n) is 5.12. The largest absolute Gasteiger partial charge is 0.349 e. The molecule has 1 saturated heterocycles. The second-order valence-corrected chi connectivity index (χ2v) is 7.67. The molecule has 0 spiro atoms. The van der Waals surface area contributed by atoms with Crippen LogP contribution in [0.4, 0.5) is 4.39 Å². The summed E-state index contributed by atoms with van der Waals surface area (Å²) in [6, 6.07) is 10.0. The molecule has 0 aliphatic carbocycles. The van der Waals surface area contributed by atoms with Crippen LogP contribution >= 0.6 is 11.6 Å². The van der Waals surface area contributed by atoms with E-state index in [1.807, 2.05) is 18.2 Å². The van der Waals surface area contributed by atoms with E-state index in [0.29, 0.717) is 16.1 Å². The summed E-state index contributed by atoms with van der Waals surface area (Å²) >= 11 is 6.09. The van der Waals surface area contributed by atoms with E-state index >= 15 is 0 Å². The predicted octanol–water partition coefficient (Wildman–Crippen LogP) is 3.73. The number of halogens is 2. The van der Waals surface area contributed by atoms with Gasteiger partial charge in [-0.25, -0.2) is 14.4 Å². The summed E-state index contributed by atoms with van der Waals surface area (Å²) < 4.78 is 13.5. The highest BCUT2D eigenvalue weighted by molar-refractivity contribution is 6.33.